The van der Waals surface area contributed by atoms with Gasteiger partial charge in [-0.15, -0.1) is 0 Å². The topological polar surface area (TPSA) is 82.4 Å². The van der Waals surface area contributed by atoms with E-state index >= 15 is 0 Å². The minimum Gasteiger partial charge on any atom is -0.368 e. The summed E-state index contributed by atoms with van der Waals surface area (Å²) in [5, 5.41) is 0.387. The maximum absolute atomic E-state index is 12.8. The lowest BCUT2D eigenvalue weighted by Gasteiger charge is -2.17. The molecule has 1 heterocycles. The molecule has 9 heteroatoms. The summed E-state index contributed by atoms with van der Waals surface area (Å²) in [6.07, 6.45) is -4.38. The van der Waals surface area contributed by atoms with Crippen LogP contribution in [-0.4, -0.2) is 22.5 Å². The fraction of sp³-hybridized carbons (Fsp3) is 0.250. The maximum Gasteiger partial charge on any atom is 0.416 e. The van der Waals surface area contributed by atoms with E-state index in [1.165, 1.54) is 16.7 Å². The Morgan fingerprint density at radius 1 is 1.10 bits per heavy atom. The highest BCUT2D eigenvalue weighted by Gasteiger charge is 2.30. The molecule has 0 saturated carbocycles. The zero-order chi connectivity index (χ0) is 21.2. The van der Waals surface area contributed by atoms with Crippen LogP contribution in [0.4, 0.5) is 13.2 Å². The average Bonchev–Trinajstić information content (AvgIpc) is 2.64. The molecular formula is C20H20F3N4O2+. The molecule has 3 N–H and O–H groups in total. The molecular weight excluding hydrogens is 385 g/mol. The Labute approximate surface area is 164 Å². The van der Waals surface area contributed by atoms with Crippen LogP contribution in [0.2, 0.25) is 0 Å². The summed E-state index contributed by atoms with van der Waals surface area (Å²) in [4.78, 5) is 29.6. The van der Waals surface area contributed by atoms with Crippen LogP contribution in [0.5, 0.6) is 0 Å². The third kappa shape index (κ3) is 4.80. The van der Waals surface area contributed by atoms with Crippen LogP contribution in [0.15, 0.2) is 53.3 Å². The minimum atomic E-state index is -4.38. The van der Waals surface area contributed by atoms with Crippen LogP contribution in [-0.2, 0) is 30.6 Å². The Hall–Kier alpha value is -3.20. The van der Waals surface area contributed by atoms with Crippen LogP contribution in [0.3, 0.4) is 0 Å². The van der Waals surface area contributed by atoms with Crippen molar-refractivity contribution in [3.63, 3.8) is 0 Å². The number of amides is 1. The monoisotopic (exact) mass is 405 g/mol. The number of aromatic nitrogens is 2. The number of nitrogens with two attached hydrogens (primary N) is 1. The molecule has 6 nitrogen and oxygen atoms in total. The zero-order valence-corrected chi connectivity index (χ0v) is 15.7. The smallest absolute Gasteiger partial charge is 0.368 e. The predicted octanol–water partition coefficient (Wildman–Crippen LogP) is 1.12. The second-order valence-electron chi connectivity index (χ2n) is 6.91. The Bertz CT molecular complexity index is 1090. The molecule has 1 aromatic heterocycles. The van der Waals surface area contributed by atoms with Crippen molar-refractivity contribution in [3.05, 3.63) is 75.8 Å². The Morgan fingerprint density at radius 3 is 2.38 bits per heavy atom. The molecule has 0 fully saturated rings. The van der Waals surface area contributed by atoms with Gasteiger partial charge < -0.3 is 10.6 Å². The summed E-state index contributed by atoms with van der Waals surface area (Å²) < 4.78 is 39.4. The van der Waals surface area contributed by atoms with E-state index in [9.17, 15) is 22.8 Å². The number of nitrogens with zero attached hydrogens (tertiary/aromatic N) is 2. The van der Waals surface area contributed by atoms with Gasteiger partial charge >= 0.3 is 6.18 Å². The molecule has 3 rings (SSSR count). The quantitative estimate of drug-likeness (QED) is 0.645. The lowest BCUT2D eigenvalue weighted by molar-refractivity contribution is -0.908. The van der Waals surface area contributed by atoms with E-state index in [4.69, 9.17) is 5.73 Å². The number of carbonyl (C=O) groups is 1. The van der Waals surface area contributed by atoms with E-state index in [0.29, 0.717) is 28.8 Å². The van der Waals surface area contributed by atoms with Gasteiger partial charge in [-0.25, -0.2) is 4.98 Å². The van der Waals surface area contributed by atoms with Gasteiger partial charge in [-0.2, -0.15) is 13.2 Å². The minimum absolute atomic E-state index is 0.286. The summed E-state index contributed by atoms with van der Waals surface area (Å²) in [7, 11) is 1.83. The van der Waals surface area contributed by atoms with E-state index in [-0.39, 0.29) is 18.6 Å². The fourth-order valence-electron chi connectivity index (χ4n) is 3.16. The molecule has 0 aliphatic carbocycles. The number of benzene rings is 2. The SMILES string of the molecule is C[NH+](Cc1ccc(C(F)(F)F)cc1)Cc1nc2ccccc2c(=O)n1CC(N)=O. The van der Waals surface area contributed by atoms with Crippen molar-refractivity contribution in [1.82, 2.24) is 9.55 Å². The lowest BCUT2D eigenvalue weighted by atomic mass is 10.1. The second-order valence-corrected chi connectivity index (χ2v) is 6.91. The van der Waals surface area contributed by atoms with E-state index in [1.54, 1.807) is 24.3 Å². The number of primary amides is 1. The fourth-order valence-corrected chi connectivity index (χ4v) is 3.16. The number of carbonyl (C=O) groups excluding carboxylic acids is 1. The molecule has 0 aliphatic heterocycles. The molecule has 29 heavy (non-hydrogen) atoms. The van der Waals surface area contributed by atoms with Gasteiger partial charge in [0.05, 0.1) is 23.5 Å². The number of nitrogens with one attached hydrogen (secondary N) is 1. The van der Waals surface area contributed by atoms with Crippen LogP contribution >= 0.6 is 0 Å². The number of alkyl halides is 3. The van der Waals surface area contributed by atoms with Gasteiger partial charge in [0.15, 0.2) is 5.82 Å². The first-order chi connectivity index (χ1) is 13.6. The van der Waals surface area contributed by atoms with Gasteiger partial charge in [-0.1, -0.05) is 24.3 Å². The zero-order valence-electron chi connectivity index (χ0n) is 15.7. The molecule has 0 bridgehead atoms. The number of fused-ring (bicyclic) bond motifs is 1. The molecule has 1 amide bonds. The number of halogens is 3. The van der Waals surface area contributed by atoms with E-state index in [1.807, 2.05) is 7.05 Å². The molecule has 0 radical (unpaired) electrons. The summed E-state index contributed by atoms with van der Waals surface area (Å²) in [5.41, 5.74) is 5.44. The van der Waals surface area contributed by atoms with Crippen LogP contribution in [0.25, 0.3) is 10.9 Å². The highest BCUT2D eigenvalue weighted by molar-refractivity contribution is 5.78. The predicted molar refractivity (Wildman–Crippen MR) is 101 cm³/mol. The lowest BCUT2D eigenvalue weighted by Crippen LogP contribution is -3.06. The molecule has 1 unspecified atom stereocenters. The van der Waals surface area contributed by atoms with Crippen molar-refractivity contribution in [1.29, 1.82) is 0 Å². The van der Waals surface area contributed by atoms with Gasteiger partial charge in [0.1, 0.15) is 19.6 Å². The van der Waals surface area contributed by atoms with Crippen molar-refractivity contribution in [3.8, 4) is 0 Å². The van der Waals surface area contributed by atoms with Gasteiger partial charge in [0.25, 0.3) is 5.56 Å². The largest absolute Gasteiger partial charge is 0.416 e. The summed E-state index contributed by atoms with van der Waals surface area (Å²) in [5.74, 6) is -0.275. The van der Waals surface area contributed by atoms with Crippen LogP contribution < -0.4 is 16.2 Å². The average molecular weight is 405 g/mol. The van der Waals surface area contributed by atoms with E-state index in [0.717, 1.165) is 17.0 Å². The second kappa shape index (κ2) is 8.04. The van der Waals surface area contributed by atoms with Gasteiger partial charge in [0, 0.05) is 5.56 Å². The number of rotatable bonds is 6. The van der Waals surface area contributed by atoms with E-state index < -0.39 is 17.6 Å². The molecule has 1 atom stereocenters. The maximum atomic E-state index is 12.8. The normalized spacial score (nSPS) is 12.8. The van der Waals surface area contributed by atoms with Crippen LogP contribution in [0.1, 0.15) is 17.0 Å². The standard InChI is InChI=1S/C20H19F3N4O2/c1-26(10-13-6-8-14(9-7-13)20(21,22)23)12-18-25-16-5-3-2-4-15(16)19(29)27(18)11-17(24)28/h2-9H,10-12H2,1H3,(H2,24,28)/p+1. The molecule has 152 valence electrons. The summed E-state index contributed by atoms with van der Waals surface area (Å²) in [6, 6.07) is 11.7. The molecule has 0 aliphatic rings. The Kier molecular flexibility index (Phi) is 5.69. The van der Waals surface area contributed by atoms with Crippen molar-refractivity contribution < 1.29 is 22.9 Å². The summed E-state index contributed by atoms with van der Waals surface area (Å²) in [6.45, 7) is 0.408. The van der Waals surface area contributed by atoms with Gasteiger partial charge in [-0.05, 0) is 24.3 Å². The van der Waals surface area contributed by atoms with Crippen molar-refractivity contribution >= 4 is 16.8 Å². The first-order valence-corrected chi connectivity index (χ1v) is 8.89. The third-order valence-electron chi connectivity index (χ3n) is 4.50. The number of quaternary nitrogens is 1. The molecule has 3 aromatic rings. The Balaban J connectivity index is 1.86. The molecule has 2 aromatic carbocycles. The molecule has 0 saturated heterocycles. The highest BCUT2D eigenvalue weighted by Crippen LogP contribution is 2.28. The van der Waals surface area contributed by atoms with Crippen molar-refractivity contribution in [2.45, 2.75) is 25.8 Å². The van der Waals surface area contributed by atoms with Crippen molar-refractivity contribution in [2.75, 3.05) is 7.05 Å². The molecule has 0 spiro atoms. The number of hydrogen-bond acceptors (Lipinski definition) is 3. The number of hydrogen-bond donors (Lipinski definition) is 2. The number of para-hydroxylation sites is 1. The van der Waals surface area contributed by atoms with Crippen molar-refractivity contribution in [2.24, 2.45) is 5.73 Å². The Morgan fingerprint density at radius 2 is 1.76 bits per heavy atom. The highest BCUT2D eigenvalue weighted by atomic mass is 19.4. The van der Waals surface area contributed by atoms with Crippen LogP contribution in [0, 0.1) is 0 Å². The van der Waals surface area contributed by atoms with E-state index in [2.05, 4.69) is 4.98 Å². The first-order valence-electron chi connectivity index (χ1n) is 8.89. The van der Waals surface area contributed by atoms with Gasteiger partial charge in [0.2, 0.25) is 5.91 Å². The third-order valence-corrected chi connectivity index (χ3v) is 4.50. The summed E-state index contributed by atoms with van der Waals surface area (Å²) >= 11 is 0. The first kappa shape index (κ1) is 20.5. The van der Waals surface area contributed by atoms with Gasteiger partial charge in [-0.3, -0.25) is 14.2 Å².